The Morgan fingerprint density at radius 2 is 2.57 bits per heavy atom. The van der Waals surface area contributed by atoms with E-state index in [-0.39, 0.29) is 11.3 Å². The summed E-state index contributed by atoms with van der Waals surface area (Å²) in [4.78, 5) is 17.6. The van der Waals surface area contributed by atoms with Crippen LogP contribution >= 0.6 is 0 Å². The fourth-order valence-corrected chi connectivity index (χ4v) is 0.995. The van der Waals surface area contributed by atoms with Gasteiger partial charge in [0.05, 0.1) is 13.4 Å². The quantitative estimate of drug-likeness (QED) is 0.538. The van der Waals surface area contributed by atoms with Gasteiger partial charge in [-0.15, -0.1) is 6.58 Å². The second-order valence-corrected chi connectivity index (χ2v) is 2.62. The fraction of sp³-hybridized carbons (Fsp3) is 0.333. The first-order chi connectivity index (χ1) is 6.79. The van der Waals surface area contributed by atoms with E-state index in [1.54, 1.807) is 6.08 Å². The normalized spacial score (nSPS) is 9.50. The van der Waals surface area contributed by atoms with Gasteiger partial charge in [-0.25, -0.2) is 4.98 Å². The third-order valence-corrected chi connectivity index (χ3v) is 1.66. The molecule has 0 unspecified atom stereocenters. The van der Waals surface area contributed by atoms with Crippen LogP contribution in [0.3, 0.4) is 0 Å². The van der Waals surface area contributed by atoms with Gasteiger partial charge in [0.25, 0.3) is 5.56 Å². The number of hydrogen-bond donors (Lipinski definition) is 2. The molecule has 1 heterocycles. The second-order valence-electron chi connectivity index (χ2n) is 2.62. The molecule has 0 aromatic carbocycles. The van der Waals surface area contributed by atoms with Gasteiger partial charge in [-0.2, -0.15) is 0 Å². The highest BCUT2D eigenvalue weighted by atomic mass is 16.5. The van der Waals surface area contributed by atoms with Gasteiger partial charge in [0.15, 0.2) is 5.82 Å². The first-order valence-corrected chi connectivity index (χ1v) is 4.26. The Kier molecular flexibility index (Phi) is 3.72. The van der Waals surface area contributed by atoms with Crippen LogP contribution in [0.5, 0.6) is 5.75 Å². The van der Waals surface area contributed by atoms with Crippen LogP contribution in [0, 0.1) is 0 Å². The van der Waals surface area contributed by atoms with E-state index in [1.165, 1.54) is 13.4 Å². The SMILES string of the molecule is C=CCCNc1nc[nH]c(=O)c1OC. The molecule has 0 bridgehead atoms. The predicted octanol–water partition coefficient (Wildman–Crippen LogP) is 0.766. The van der Waals surface area contributed by atoms with E-state index in [4.69, 9.17) is 4.74 Å². The molecule has 2 N–H and O–H groups in total. The molecule has 5 nitrogen and oxygen atoms in total. The summed E-state index contributed by atoms with van der Waals surface area (Å²) in [6.45, 7) is 4.27. The molecule has 0 fully saturated rings. The molecule has 0 radical (unpaired) electrons. The molecule has 76 valence electrons. The molecule has 0 amide bonds. The summed E-state index contributed by atoms with van der Waals surface area (Å²) < 4.78 is 4.91. The molecule has 0 aliphatic heterocycles. The lowest BCUT2D eigenvalue weighted by atomic mass is 10.4. The van der Waals surface area contributed by atoms with E-state index in [0.717, 1.165) is 6.42 Å². The van der Waals surface area contributed by atoms with E-state index < -0.39 is 0 Å². The maximum Gasteiger partial charge on any atom is 0.295 e. The Hall–Kier alpha value is -1.78. The van der Waals surface area contributed by atoms with Crippen molar-refractivity contribution in [3.8, 4) is 5.75 Å². The van der Waals surface area contributed by atoms with Crippen LogP contribution in [-0.4, -0.2) is 23.6 Å². The zero-order valence-electron chi connectivity index (χ0n) is 8.04. The zero-order chi connectivity index (χ0) is 10.4. The Labute approximate surface area is 81.8 Å². The smallest absolute Gasteiger partial charge is 0.295 e. The Balaban J connectivity index is 2.80. The zero-order valence-corrected chi connectivity index (χ0v) is 8.04. The van der Waals surface area contributed by atoms with Crippen molar-refractivity contribution >= 4 is 5.82 Å². The lowest BCUT2D eigenvalue weighted by Gasteiger charge is -2.06. The largest absolute Gasteiger partial charge is 0.489 e. The number of rotatable bonds is 5. The maximum absolute atomic E-state index is 11.2. The minimum Gasteiger partial charge on any atom is -0.489 e. The van der Waals surface area contributed by atoms with Crippen molar-refractivity contribution < 1.29 is 4.74 Å². The van der Waals surface area contributed by atoms with Crippen LogP contribution in [-0.2, 0) is 0 Å². The Morgan fingerprint density at radius 3 is 3.21 bits per heavy atom. The number of nitrogens with zero attached hydrogens (tertiary/aromatic N) is 1. The van der Waals surface area contributed by atoms with Gasteiger partial charge in [0.1, 0.15) is 0 Å². The lowest BCUT2D eigenvalue weighted by molar-refractivity contribution is 0.408. The van der Waals surface area contributed by atoms with Gasteiger partial charge in [-0.3, -0.25) is 4.79 Å². The molecule has 1 aromatic heterocycles. The van der Waals surface area contributed by atoms with E-state index in [2.05, 4.69) is 21.9 Å². The van der Waals surface area contributed by atoms with Crippen molar-refractivity contribution in [1.29, 1.82) is 0 Å². The number of ether oxygens (including phenoxy) is 1. The summed E-state index contributed by atoms with van der Waals surface area (Å²) in [5, 5.41) is 2.98. The predicted molar refractivity (Wildman–Crippen MR) is 54.7 cm³/mol. The van der Waals surface area contributed by atoms with E-state index in [0.29, 0.717) is 12.4 Å². The Morgan fingerprint density at radius 1 is 1.79 bits per heavy atom. The molecule has 0 saturated heterocycles. The van der Waals surface area contributed by atoms with Gasteiger partial charge in [0, 0.05) is 6.54 Å². The molecule has 0 aliphatic carbocycles. The molecular formula is C9H13N3O2. The van der Waals surface area contributed by atoms with Crippen molar-refractivity contribution in [2.45, 2.75) is 6.42 Å². The highest BCUT2D eigenvalue weighted by Crippen LogP contribution is 2.13. The minimum absolute atomic E-state index is 0.205. The summed E-state index contributed by atoms with van der Waals surface area (Å²) in [6.07, 6.45) is 3.92. The second kappa shape index (κ2) is 5.06. The first kappa shape index (κ1) is 10.3. The standard InChI is InChI=1S/C9H13N3O2/c1-3-4-5-10-8-7(14-2)9(13)12-6-11-8/h3,6H,1,4-5H2,2H3,(H2,10,11,12,13). The number of methoxy groups -OCH3 is 1. The summed E-state index contributed by atoms with van der Waals surface area (Å²) in [7, 11) is 1.44. The molecule has 5 heteroatoms. The van der Waals surface area contributed by atoms with Gasteiger partial charge < -0.3 is 15.0 Å². The molecular weight excluding hydrogens is 182 g/mol. The highest BCUT2D eigenvalue weighted by molar-refractivity contribution is 5.47. The Bertz CT molecular complexity index is 359. The molecule has 1 rings (SSSR count). The average molecular weight is 195 g/mol. The van der Waals surface area contributed by atoms with Crippen molar-refractivity contribution in [2.24, 2.45) is 0 Å². The van der Waals surface area contributed by atoms with Crippen LogP contribution in [0.4, 0.5) is 5.82 Å². The molecule has 1 aromatic rings. The number of H-pyrrole nitrogens is 1. The van der Waals surface area contributed by atoms with E-state index in [1.807, 2.05) is 0 Å². The minimum atomic E-state index is -0.288. The summed E-state index contributed by atoms with van der Waals surface area (Å²) in [5.74, 6) is 0.662. The van der Waals surface area contributed by atoms with Crippen LogP contribution < -0.4 is 15.6 Å². The van der Waals surface area contributed by atoms with E-state index in [9.17, 15) is 4.79 Å². The van der Waals surface area contributed by atoms with Gasteiger partial charge in [-0.05, 0) is 6.42 Å². The summed E-state index contributed by atoms with van der Waals surface area (Å²) in [6, 6.07) is 0. The molecule has 14 heavy (non-hydrogen) atoms. The van der Waals surface area contributed by atoms with Crippen molar-refractivity contribution in [1.82, 2.24) is 9.97 Å². The maximum atomic E-state index is 11.2. The van der Waals surface area contributed by atoms with Crippen LogP contribution in [0.25, 0.3) is 0 Å². The van der Waals surface area contributed by atoms with Crippen molar-refractivity contribution in [2.75, 3.05) is 19.0 Å². The molecule has 0 spiro atoms. The molecule has 0 aliphatic rings. The number of hydrogen-bond acceptors (Lipinski definition) is 4. The van der Waals surface area contributed by atoms with Crippen molar-refractivity contribution in [3.63, 3.8) is 0 Å². The molecule has 0 saturated carbocycles. The van der Waals surface area contributed by atoms with Crippen LogP contribution in [0.2, 0.25) is 0 Å². The highest BCUT2D eigenvalue weighted by Gasteiger charge is 2.06. The number of anilines is 1. The topological polar surface area (TPSA) is 67.0 Å². The lowest BCUT2D eigenvalue weighted by Crippen LogP contribution is -2.14. The van der Waals surface area contributed by atoms with Gasteiger partial charge in [-0.1, -0.05) is 6.08 Å². The first-order valence-electron chi connectivity index (χ1n) is 4.26. The van der Waals surface area contributed by atoms with Crippen LogP contribution in [0.1, 0.15) is 6.42 Å². The summed E-state index contributed by atoms with van der Waals surface area (Å²) in [5.41, 5.74) is -0.288. The monoisotopic (exact) mass is 195 g/mol. The third-order valence-electron chi connectivity index (χ3n) is 1.66. The van der Waals surface area contributed by atoms with Gasteiger partial charge >= 0.3 is 0 Å². The third kappa shape index (κ3) is 2.35. The number of aromatic nitrogens is 2. The summed E-state index contributed by atoms with van der Waals surface area (Å²) >= 11 is 0. The van der Waals surface area contributed by atoms with E-state index >= 15 is 0 Å². The number of aromatic amines is 1. The van der Waals surface area contributed by atoms with Crippen LogP contribution in [0.15, 0.2) is 23.8 Å². The van der Waals surface area contributed by atoms with Gasteiger partial charge in [0.2, 0.25) is 5.75 Å². The average Bonchev–Trinajstić information content (AvgIpc) is 2.18. The van der Waals surface area contributed by atoms with Crippen molar-refractivity contribution in [3.05, 3.63) is 29.3 Å². The molecule has 0 atom stereocenters. The fourth-order valence-electron chi connectivity index (χ4n) is 0.995. The number of nitrogens with one attached hydrogen (secondary N) is 2.